The van der Waals surface area contributed by atoms with Crippen molar-refractivity contribution in [2.75, 3.05) is 33.4 Å². The van der Waals surface area contributed by atoms with Crippen LogP contribution in [0.15, 0.2) is 23.5 Å². The molecule has 0 amide bonds. The number of hydrogen-bond acceptors (Lipinski definition) is 5. The van der Waals surface area contributed by atoms with Crippen molar-refractivity contribution in [1.29, 1.82) is 0 Å². The van der Waals surface area contributed by atoms with Crippen molar-refractivity contribution in [3.05, 3.63) is 23.5 Å². The monoisotopic (exact) mass is 222 g/mol. The second kappa shape index (κ2) is 4.49. The Bertz CT molecular complexity index is 381. The van der Waals surface area contributed by atoms with Crippen LogP contribution in [0.1, 0.15) is 0 Å². The van der Waals surface area contributed by atoms with Gasteiger partial charge in [-0.3, -0.25) is 9.59 Å². The van der Waals surface area contributed by atoms with Gasteiger partial charge in [0.15, 0.2) is 0 Å². The SMILES string of the molecule is COCCNC1=CC(=O)C(N2CC2)=CC1=O. The number of ketones is 2. The molecule has 0 atom stereocenters. The Hall–Kier alpha value is -1.62. The highest BCUT2D eigenvalue weighted by Crippen LogP contribution is 2.20. The molecular formula is C11H14N2O3. The molecule has 86 valence electrons. The van der Waals surface area contributed by atoms with Gasteiger partial charge in [-0.25, -0.2) is 0 Å². The molecule has 0 bridgehead atoms. The van der Waals surface area contributed by atoms with E-state index in [0.29, 0.717) is 24.5 Å². The van der Waals surface area contributed by atoms with Crippen LogP contribution in [0.2, 0.25) is 0 Å². The number of carbonyl (C=O) groups is 2. The summed E-state index contributed by atoms with van der Waals surface area (Å²) in [5.74, 6) is -0.241. The summed E-state index contributed by atoms with van der Waals surface area (Å²) >= 11 is 0. The van der Waals surface area contributed by atoms with Crippen LogP contribution in [0.4, 0.5) is 0 Å². The Kier molecular flexibility index (Phi) is 3.05. The van der Waals surface area contributed by atoms with E-state index >= 15 is 0 Å². The maximum absolute atomic E-state index is 11.7. The van der Waals surface area contributed by atoms with E-state index < -0.39 is 0 Å². The molecule has 0 radical (unpaired) electrons. The topological polar surface area (TPSA) is 58.4 Å². The first kappa shape index (κ1) is 10.9. The largest absolute Gasteiger partial charge is 0.383 e. The normalized spacial score (nSPS) is 19.4. The lowest BCUT2D eigenvalue weighted by molar-refractivity contribution is -0.116. The fourth-order valence-electron chi connectivity index (χ4n) is 1.51. The number of ether oxygens (including phenoxy) is 1. The first-order chi connectivity index (χ1) is 7.72. The molecule has 0 aromatic rings. The predicted molar refractivity (Wildman–Crippen MR) is 57.6 cm³/mol. The average molecular weight is 222 g/mol. The Labute approximate surface area is 93.7 Å². The predicted octanol–water partition coefficient (Wildman–Crippen LogP) is -0.542. The fraction of sp³-hybridized carbons (Fsp3) is 0.455. The molecule has 2 aliphatic rings. The van der Waals surface area contributed by atoms with Crippen LogP contribution in [-0.2, 0) is 14.3 Å². The average Bonchev–Trinajstić information content (AvgIpc) is 3.06. The lowest BCUT2D eigenvalue weighted by Crippen LogP contribution is -2.28. The van der Waals surface area contributed by atoms with Gasteiger partial charge in [0.05, 0.1) is 18.0 Å². The summed E-state index contributed by atoms with van der Waals surface area (Å²) in [6.07, 6.45) is 2.77. The third kappa shape index (κ3) is 2.30. The zero-order chi connectivity index (χ0) is 11.5. The molecule has 2 rings (SSSR count). The van der Waals surface area contributed by atoms with E-state index in [9.17, 15) is 9.59 Å². The highest BCUT2D eigenvalue weighted by Gasteiger charge is 2.29. The van der Waals surface area contributed by atoms with Crippen molar-refractivity contribution in [2.24, 2.45) is 0 Å². The van der Waals surface area contributed by atoms with Gasteiger partial charge < -0.3 is 15.0 Å². The van der Waals surface area contributed by atoms with Gasteiger partial charge in [0.2, 0.25) is 11.6 Å². The minimum atomic E-state index is -0.141. The minimum Gasteiger partial charge on any atom is -0.383 e. The van der Waals surface area contributed by atoms with Crippen LogP contribution >= 0.6 is 0 Å². The molecule has 0 spiro atoms. The van der Waals surface area contributed by atoms with Crippen LogP contribution < -0.4 is 5.32 Å². The standard InChI is InChI=1S/C11H14N2O3/c1-16-5-2-12-8-6-11(15)9(7-10(8)14)13-3-4-13/h6-7,12H,2-5H2,1H3. The van der Waals surface area contributed by atoms with Gasteiger partial charge in [0, 0.05) is 38.9 Å². The van der Waals surface area contributed by atoms with E-state index in [1.165, 1.54) is 12.2 Å². The summed E-state index contributed by atoms with van der Waals surface area (Å²) in [6.45, 7) is 2.76. The van der Waals surface area contributed by atoms with Crippen LogP contribution in [0.5, 0.6) is 0 Å². The number of rotatable bonds is 5. The highest BCUT2D eigenvalue weighted by molar-refractivity contribution is 6.19. The number of nitrogens with one attached hydrogen (secondary N) is 1. The van der Waals surface area contributed by atoms with Crippen molar-refractivity contribution in [3.8, 4) is 0 Å². The van der Waals surface area contributed by atoms with Gasteiger partial charge in [-0.2, -0.15) is 0 Å². The number of nitrogens with zero attached hydrogens (tertiary/aromatic N) is 1. The first-order valence-electron chi connectivity index (χ1n) is 5.22. The van der Waals surface area contributed by atoms with E-state index in [-0.39, 0.29) is 11.6 Å². The third-order valence-corrected chi connectivity index (χ3v) is 2.47. The van der Waals surface area contributed by atoms with Crippen LogP contribution in [0.3, 0.4) is 0 Å². The number of carbonyl (C=O) groups excluding carboxylic acids is 2. The van der Waals surface area contributed by atoms with Crippen molar-refractivity contribution in [2.45, 2.75) is 0 Å². The molecule has 1 fully saturated rings. The van der Waals surface area contributed by atoms with Crippen LogP contribution in [0, 0.1) is 0 Å². The number of hydrogen-bond donors (Lipinski definition) is 1. The smallest absolute Gasteiger partial charge is 0.204 e. The third-order valence-electron chi connectivity index (χ3n) is 2.47. The minimum absolute atomic E-state index is 0.1000. The summed E-state index contributed by atoms with van der Waals surface area (Å²) in [5.41, 5.74) is 0.870. The first-order valence-corrected chi connectivity index (χ1v) is 5.22. The molecule has 0 unspecified atom stereocenters. The Morgan fingerprint density at radius 3 is 2.69 bits per heavy atom. The van der Waals surface area contributed by atoms with E-state index in [1.807, 2.05) is 4.90 Å². The Morgan fingerprint density at radius 2 is 2.06 bits per heavy atom. The van der Waals surface area contributed by atoms with Crippen molar-refractivity contribution < 1.29 is 14.3 Å². The van der Waals surface area contributed by atoms with Gasteiger partial charge >= 0.3 is 0 Å². The van der Waals surface area contributed by atoms with Crippen molar-refractivity contribution in [1.82, 2.24) is 10.2 Å². The molecule has 0 aromatic carbocycles. The zero-order valence-electron chi connectivity index (χ0n) is 9.16. The van der Waals surface area contributed by atoms with E-state index in [4.69, 9.17) is 4.74 Å². The van der Waals surface area contributed by atoms with Gasteiger partial charge in [-0.1, -0.05) is 0 Å². The van der Waals surface area contributed by atoms with Crippen LogP contribution in [0.25, 0.3) is 0 Å². The van der Waals surface area contributed by atoms with Gasteiger partial charge in [-0.15, -0.1) is 0 Å². The summed E-state index contributed by atoms with van der Waals surface area (Å²) in [7, 11) is 1.59. The summed E-state index contributed by atoms with van der Waals surface area (Å²) < 4.78 is 4.85. The molecule has 1 N–H and O–H groups in total. The molecule has 5 heteroatoms. The molecule has 0 saturated carbocycles. The van der Waals surface area contributed by atoms with E-state index in [1.54, 1.807) is 7.11 Å². The lowest BCUT2D eigenvalue weighted by atomic mass is 10.1. The second-order valence-corrected chi connectivity index (χ2v) is 3.72. The van der Waals surface area contributed by atoms with Gasteiger partial charge in [0.1, 0.15) is 0 Å². The molecule has 0 aromatic heterocycles. The Morgan fingerprint density at radius 1 is 1.31 bits per heavy atom. The highest BCUT2D eigenvalue weighted by atomic mass is 16.5. The Balaban J connectivity index is 1.98. The molecule has 5 nitrogen and oxygen atoms in total. The maximum Gasteiger partial charge on any atom is 0.204 e. The summed E-state index contributed by atoms with van der Waals surface area (Å²) in [4.78, 5) is 25.2. The molecular weight excluding hydrogens is 208 g/mol. The van der Waals surface area contributed by atoms with Crippen LogP contribution in [-0.4, -0.2) is 49.8 Å². The zero-order valence-corrected chi connectivity index (χ0v) is 9.16. The van der Waals surface area contributed by atoms with Gasteiger partial charge in [0.25, 0.3) is 0 Å². The quantitative estimate of drug-likeness (QED) is 0.384. The molecule has 1 heterocycles. The van der Waals surface area contributed by atoms with E-state index in [0.717, 1.165) is 13.1 Å². The maximum atomic E-state index is 11.7. The fourth-order valence-corrected chi connectivity index (χ4v) is 1.51. The van der Waals surface area contributed by atoms with E-state index in [2.05, 4.69) is 5.32 Å². The van der Waals surface area contributed by atoms with Crippen molar-refractivity contribution in [3.63, 3.8) is 0 Å². The summed E-state index contributed by atoms with van der Waals surface area (Å²) in [6, 6.07) is 0. The molecule has 1 aliphatic heterocycles. The second-order valence-electron chi connectivity index (χ2n) is 3.72. The molecule has 1 saturated heterocycles. The molecule has 16 heavy (non-hydrogen) atoms. The number of methoxy groups -OCH3 is 1. The summed E-state index contributed by atoms with van der Waals surface area (Å²) in [5, 5.41) is 2.89. The van der Waals surface area contributed by atoms with Gasteiger partial charge in [-0.05, 0) is 0 Å². The molecule has 1 aliphatic carbocycles. The van der Waals surface area contributed by atoms with Crippen molar-refractivity contribution >= 4 is 11.6 Å². The number of allylic oxidation sites excluding steroid dienone is 2. The lowest BCUT2D eigenvalue weighted by Gasteiger charge is -2.14.